The summed E-state index contributed by atoms with van der Waals surface area (Å²) in [6.45, 7) is 3.38. The molecule has 4 amide bonds. The fourth-order valence-electron chi connectivity index (χ4n) is 5.12. The van der Waals surface area contributed by atoms with Gasteiger partial charge in [-0.05, 0) is 38.0 Å². The molecule has 1 fully saturated rings. The van der Waals surface area contributed by atoms with Crippen LogP contribution < -0.4 is 26.2 Å². The molecular formula is C33H54N4O12P-. The Kier molecular flexibility index (Phi) is 24.0. The van der Waals surface area contributed by atoms with Gasteiger partial charge >= 0.3 is 0 Å². The highest BCUT2D eigenvalue weighted by Crippen LogP contribution is 2.43. The van der Waals surface area contributed by atoms with Crippen molar-refractivity contribution in [3.8, 4) is 24.7 Å². The van der Waals surface area contributed by atoms with Crippen LogP contribution in [-0.4, -0.2) is 126 Å². The van der Waals surface area contributed by atoms with Crippen molar-refractivity contribution in [2.24, 2.45) is 5.92 Å². The van der Waals surface area contributed by atoms with Crippen LogP contribution in [0.2, 0.25) is 0 Å². The summed E-state index contributed by atoms with van der Waals surface area (Å²) in [4.78, 5) is 63.0. The smallest absolute Gasteiger partial charge is 0.220 e. The predicted molar refractivity (Wildman–Crippen MR) is 181 cm³/mol. The van der Waals surface area contributed by atoms with E-state index in [1.165, 1.54) is 0 Å². The van der Waals surface area contributed by atoms with E-state index < -0.39 is 19.2 Å². The fraction of sp³-hybridized carbons (Fsp3) is 0.758. The Morgan fingerprint density at radius 2 is 1.20 bits per heavy atom. The molecule has 50 heavy (non-hydrogen) atoms. The maximum atomic E-state index is 13.4. The summed E-state index contributed by atoms with van der Waals surface area (Å²) in [5.74, 6) is 3.25. The lowest BCUT2D eigenvalue weighted by molar-refractivity contribution is -0.204. The van der Waals surface area contributed by atoms with Gasteiger partial charge in [0.15, 0.2) is 0 Å². The summed E-state index contributed by atoms with van der Waals surface area (Å²) >= 11 is 0. The fourth-order valence-corrected chi connectivity index (χ4v) is 5.83. The minimum Gasteiger partial charge on any atom is -0.779 e. The van der Waals surface area contributed by atoms with Gasteiger partial charge in [-0.1, -0.05) is 11.8 Å². The van der Waals surface area contributed by atoms with Crippen LogP contribution in [0.4, 0.5) is 0 Å². The first kappa shape index (κ1) is 45.0. The molecule has 1 unspecified atom stereocenters. The second-order valence-electron chi connectivity index (χ2n) is 11.9. The third-order valence-electron chi connectivity index (χ3n) is 7.59. The van der Waals surface area contributed by atoms with Crippen LogP contribution in [0.5, 0.6) is 0 Å². The Hall–Kier alpha value is -3.05. The first-order chi connectivity index (χ1) is 23.9. The second-order valence-corrected chi connectivity index (χ2v) is 13.6. The van der Waals surface area contributed by atoms with Gasteiger partial charge in [0.25, 0.3) is 0 Å². The van der Waals surface area contributed by atoms with Crippen LogP contribution in [0, 0.1) is 30.6 Å². The minimum atomic E-state index is -3.90. The van der Waals surface area contributed by atoms with Gasteiger partial charge in [-0.15, -0.1) is 12.8 Å². The van der Waals surface area contributed by atoms with E-state index in [-0.39, 0.29) is 127 Å². The van der Waals surface area contributed by atoms with Crippen LogP contribution in [0.15, 0.2) is 0 Å². The van der Waals surface area contributed by atoms with Crippen molar-refractivity contribution in [1.82, 2.24) is 21.3 Å². The first-order valence-electron chi connectivity index (χ1n) is 16.8. The van der Waals surface area contributed by atoms with Crippen LogP contribution in [0.25, 0.3) is 0 Å². The highest BCUT2D eigenvalue weighted by molar-refractivity contribution is 7.50. The predicted octanol–water partition coefficient (Wildman–Crippen LogP) is -0.776. The SMILES string of the molecule is C#CCOCCOCCNC(=O)CCC(CCC(=O)NCCO)(CCC(=O)NCCOCCOCC#C)NC(=O)CC1CC(OP(C)(=O)[O-])C1. The molecule has 284 valence electrons. The van der Waals surface area contributed by atoms with Crippen molar-refractivity contribution in [3.63, 3.8) is 0 Å². The molecule has 1 aliphatic carbocycles. The Bertz CT molecular complexity index is 1100. The third-order valence-corrected chi connectivity index (χ3v) is 8.27. The van der Waals surface area contributed by atoms with Gasteiger partial charge in [0.2, 0.25) is 23.6 Å². The molecule has 1 aliphatic rings. The van der Waals surface area contributed by atoms with E-state index in [1.807, 2.05) is 0 Å². The summed E-state index contributed by atoms with van der Waals surface area (Å²) < 4.78 is 37.6. The highest BCUT2D eigenvalue weighted by atomic mass is 31.2. The molecule has 0 bridgehead atoms. The number of hydrogen-bond donors (Lipinski definition) is 5. The maximum Gasteiger partial charge on any atom is 0.220 e. The number of ether oxygens (including phenoxy) is 4. The quantitative estimate of drug-likeness (QED) is 0.0349. The van der Waals surface area contributed by atoms with E-state index in [9.17, 15) is 28.6 Å². The van der Waals surface area contributed by atoms with E-state index in [0.29, 0.717) is 39.3 Å². The molecule has 17 heteroatoms. The Morgan fingerprint density at radius 1 is 0.760 bits per heavy atom. The number of rotatable bonds is 30. The third kappa shape index (κ3) is 23.4. The minimum absolute atomic E-state index is 0.0182. The largest absolute Gasteiger partial charge is 0.779 e. The standard InChI is InChI=1S/C33H55N4O12P/c1-4-16-45-20-22-47-18-13-35-30(40)7-10-33(9-6-29(39)34-12-15-38,11-8-31(41)36-14-19-48-23-21-46-17-5-2)37-32(42)26-27-24-28(25-27)49-50(3,43)44/h1-2,27-28,38H,6-26H2,3H3,(H,34,39)(H,35,40)(H,36,41)(H,37,42)(H,43,44)/p-1. The molecule has 1 saturated carbocycles. The van der Waals surface area contributed by atoms with Crippen molar-refractivity contribution in [2.75, 3.05) is 85.8 Å². The van der Waals surface area contributed by atoms with Gasteiger partial charge in [-0.3, -0.25) is 19.2 Å². The van der Waals surface area contributed by atoms with E-state index in [4.69, 9.17) is 41.4 Å². The maximum absolute atomic E-state index is 13.4. The monoisotopic (exact) mass is 729 g/mol. The average molecular weight is 730 g/mol. The Labute approximate surface area is 295 Å². The molecule has 1 atom stereocenters. The summed E-state index contributed by atoms with van der Waals surface area (Å²) in [7, 11) is -3.90. The zero-order chi connectivity index (χ0) is 37.1. The molecule has 5 N–H and O–H groups in total. The number of nitrogens with one attached hydrogen (secondary N) is 4. The number of aliphatic hydroxyl groups is 1. The van der Waals surface area contributed by atoms with Crippen molar-refractivity contribution in [2.45, 2.75) is 69.4 Å². The van der Waals surface area contributed by atoms with Crippen LogP contribution in [-0.2, 0) is 47.2 Å². The van der Waals surface area contributed by atoms with Crippen molar-refractivity contribution in [1.29, 1.82) is 0 Å². The lowest BCUT2D eigenvalue weighted by Crippen LogP contribution is -2.51. The number of terminal acetylenes is 2. The van der Waals surface area contributed by atoms with Gasteiger partial charge in [0, 0.05) is 57.5 Å². The summed E-state index contributed by atoms with van der Waals surface area (Å²) in [6.07, 6.45) is 10.9. The lowest BCUT2D eigenvalue weighted by Gasteiger charge is -2.39. The summed E-state index contributed by atoms with van der Waals surface area (Å²) in [5, 5.41) is 20.3. The summed E-state index contributed by atoms with van der Waals surface area (Å²) in [6, 6.07) is 0. The normalized spacial score (nSPS) is 16.6. The van der Waals surface area contributed by atoms with Gasteiger partial charge in [0.05, 0.1) is 52.4 Å². The van der Waals surface area contributed by atoms with Gasteiger partial charge in [0.1, 0.15) is 20.8 Å². The van der Waals surface area contributed by atoms with Crippen LogP contribution in [0.3, 0.4) is 0 Å². The van der Waals surface area contributed by atoms with Gasteiger partial charge < -0.3 is 59.3 Å². The number of hydrogen-bond acceptors (Lipinski definition) is 12. The van der Waals surface area contributed by atoms with Crippen molar-refractivity contribution < 1.29 is 57.2 Å². The van der Waals surface area contributed by atoms with Crippen LogP contribution in [0.1, 0.15) is 57.8 Å². The van der Waals surface area contributed by atoms with E-state index in [0.717, 1.165) is 6.66 Å². The lowest BCUT2D eigenvalue weighted by atomic mass is 9.79. The van der Waals surface area contributed by atoms with E-state index >= 15 is 0 Å². The Balaban J connectivity index is 2.89. The van der Waals surface area contributed by atoms with Gasteiger partial charge in [-0.2, -0.15) is 0 Å². The van der Waals surface area contributed by atoms with Crippen LogP contribution >= 0.6 is 7.60 Å². The molecule has 0 saturated heterocycles. The topological polar surface area (TPSA) is 223 Å². The zero-order valence-corrected chi connectivity index (χ0v) is 29.9. The van der Waals surface area contributed by atoms with Crippen molar-refractivity contribution in [3.05, 3.63) is 0 Å². The zero-order valence-electron chi connectivity index (χ0n) is 29.0. The molecule has 0 heterocycles. The number of carbonyl (C=O) groups is 4. The number of aliphatic hydroxyl groups excluding tert-OH is 1. The van der Waals surface area contributed by atoms with Gasteiger partial charge in [-0.25, -0.2) is 0 Å². The molecule has 1 rings (SSSR count). The molecule has 0 radical (unpaired) electrons. The summed E-state index contributed by atoms with van der Waals surface area (Å²) in [5.41, 5.74) is -1.12. The molecule has 0 aliphatic heterocycles. The van der Waals surface area contributed by atoms with Crippen molar-refractivity contribution >= 4 is 31.2 Å². The number of carbonyl (C=O) groups excluding carboxylic acids is 4. The number of amides is 4. The first-order valence-corrected chi connectivity index (χ1v) is 18.8. The molecule has 0 aromatic rings. The Morgan fingerprint density at radius 3 is 1.62 bits per heavy atom. The van der Waals surface area contributed by atoms with E-state index in [1.54, 1.807) is 0 Å². The molecule has 16 nitrogen and oxygen atoms in total. The molecule has 0 aromatic carbocycles. The van der Waals surface area contributed by atoms with E-state index in [2.05, 4.69) is 33.1 Å². The average Bonchev–Trinajstić information content (AvgIpc) is 3.05. The second kappa shape index (κ2) is 26.7. The molecule has 0 spiro atoms. The highest BCUT2D eigenvalue weighted by Gasteiger charge is 2.37. The molecular weight excluding hydrogens is 675 g/mol. The molecule has 0 aromatic heterocycles.